The molecule has 0 aliphatic heterocycles. The number of aromatic nitrogens is 2. The number of halogens is 5. The van der Waals surface area contributed by atoms with Crippen LogP contribution in [0.5, 0.6) is 0 Å². The molecule has 2 atom stereocenters. The van der Waals surface area contributed by atoms with Crippen LogP contribution in [0.3, 0.4) is 0 Å². The van der Waals surface area contributed by atoms with E-state index in [-0.39, 0.29) is 22.0 Å². The molecule has 0 amide bonds. The number of nitrogens with two attached hydrogens (primary N) is 1. The standard InChI is InChI=1S/C10H12F3IN4.ClH/c11-10(12,13)7-4-17-8(5-16-7)18-9(14)3-1-2-6(9)15;/h4-6H,1-3,15H2,(H,17,18);1H. The molecule has 0 bridgehead atoms. The van der Waals surface area contributed by atoms with Crippen LogP contribution in [0.15, 0.2) is 12.4 Å². The molecule has 1 fully saturated rings. The van der Waals surface area contributed by atoms with Crippen molar-refractivity contribution in [2.75, 3.05) is 5.32 Å². The third-order valence-corrected chi connectivity index (χ3v) is 4.53. The molecule has 2 unspecified atom stereocenters. The Morgan fingerprint density at radius 2 is 2.05 bits per heavy atom. The molecule has 1 aliphatic carbocycles. The van der Waals surface area contributed by atoms with Gasteiger partial charge >= 0.3 is 6.18 Å². The van der Waals surface area contributed by atoms with Crippen LogP contribution in [0.25, 0.3) is 0 Å². The van der Waals surface area contributed by atoms with Gasteiger partial charge in [0.15, 0.2) is 5.69 Å². The summed E-state index contributed by atoms with van der Waals surface area (Å²) in [6, 6.07) is -0.0396. The number of hydrogen-bond donors (Lipinski definition) is 2. The summed E-state index contributed by atoms with van der Waals surface area (Å²) in [5, 5.41) is 3.07. The van der Waals surface area contributed by atoms with Gasteiger partial charge in [0.25, 0.3) is 0 Å². The van der Waals surface area contributed by atoms with Gasteiger partial charge in [-0.15, -0.1) is 12.4 Å². The monoisotopic (exact) mass is 408 g/mol. The fourth-order valence-electron chi connectivity index (χ4n) is 1.90. The minimum Gasteiger partial charge on any atom is -0.353 e. The Labute approximate surface area is 128 Å². The highest BCUT2D eigenvalue weighted by Gasteiger charge is 2.39. The summed E-state index contributed by atoms with van der Waals surface area (Å²) in [7, 11) is 0. The maximum atomic E-state index is 12.3. The van der Waals surface area contributed by atoms with Crippen molar-refractivity contribution < 1.29 is 13.2 Å². The average molecular weight is 409 g/mol. The molecule has 1 saturated carbocycles. The van der Waals surface area contributed by atoms with Crippen molar-refractivity contribution in [2.24, 2.45) is 5.73 Å². The fourth-order valence-corrected chi connectivity index (χ4v) is 2.87. The number of anilines is 1. The number of nitrogens with one attached hydrogen (secondary N) is 1. The Kier molecular flexibility index (Phi) is 5.24. The van der Waals surface area contributed by atoms with E-state index in [1.54, 1.807) is 0 Å². The van der Waals surface area contributed by atoms with E-state index >= 15 is 0 Å². The molecule has 4 nitrogen and oxygen atoms in total. The van der Waals surface area contributed by atoms with Gasteiger partial charge in [-0.05, 0) is 19.3 Å². The Morgan fingerprint density at radius 1 is 1.37 bits per heavy atom. The van der Waals surface area contributed by atoms with Crippen molar-refractivity contribution in [3.63, 3.8) is 0 Å². The first-order valence-corrected chi connectivity index (χ1v) is 6.51. The molecule has 0 aromatic carbocycles. The predicted molar refractivity (Wildman–Crippen MR) is 76.5 cm³/mol. The first-order chi connectivity index (χ1) is 8.31. The summed E-state index contributed by atoms with van der Waals surface area (Å²) < 4.78 is 36.6. The van der Waals surface area contributed by atoms with Gasteiger partial charge in [-0.1, -0.05) is 22.6 Å². The molecule has 1 aromatic rings. The average Bonchev–Trinajstić information content (AvgIpc) is 2.58. The van der Waals surface area contributed by atoms with E-state index in [1.165, 1.54) is 0 Å². The van der Waals surface area contributed by atoms with E-state index in [1.807, 2.05) is 0 Å². The fraction of sp³-hybridized carbons (Fsp3) is 0.600. The maximum absolute atomic E-state index is 12.3. The highest BCUT2D eigenvalue weighted by atomic mass is 127. The molecule has 0 radical (unpaired) electrons. The molecular weight excluding hydrogens is 395 g/mol. The number of nitrogens with zero attached hydrogens (tertiary/aromatic N) is 2. The topological polar surface area (TPSA) is 63.8 Å². The third-order valence-electron chi connectivity index (χ3n) is 2.92. The van der Waals surface area contributed by atoms with E-state index in [0.717, 1.165) is 31.7 Å². The van der Waals surface area contributed by atoms with Crippen LogP contribution >= 0.6 is 35.0 Å². The highest BCUT2D eigenvalue weighted by Crippen LogP contribution is 2.37. The van der Waals surface area contributed by atoms with Gasteiger partial charge in [-0.2, -0.15) is 13.2 Å². The van der Waals surface area contributed by atoms with E-state index in [9.17, 15) is 13.2 Å². The van der Waals surface area contributed by atoms with E-state index < -0.39 is 11.9 Å². The van der Waals surface area contributed by atoms with Gasteiger partial charge < -0.3 is 11.1 Å². The maximum Gasteiger partial charge on any atom is 0.434 e. The Morgan fingerprint density at radius 3 is 2.47 bits per heavy atom. The molecule has 1 aromatic heterocycles. The lowest BCUT2D eigenvalue weighted by Crippen LogP contribution is -2.44. The van der Waals surface area contributed by atoms with Crippen molar-refractivity contribution in [1.29, 1.82) is 0 Å². The van der Waals surface area contributed by atoms with Gasteiger partial charge in [0, 0.05) is 6.04 Å². The zero-order valence-electron chi connectivity index (χ0n) is 9.75. The molecule has 1 heterocycles. The van der Waals surface area contributed by atoms with Crippen molar-refractivity contribution in [3.05, 3.63) is 18.1 Å². The van der Waals surface area contributed by atoms with Gasteiger partial charge in [0.2, 0.25) is 0 Å². The summed E-state index contributed by atoms with van der Waals surface area (Å²) in [4.78, 5) is 7.09. The largest absolute Gasteiger partial charge is 0.434 e. The summed E-state index contributed by atoms with van der Waals surface area (Å²) in [5.41, 5.74) is 4.97. The highest BCUT2D eigenvalue weighted by molar-refractivity contribution is 14.1. The van der Waals surface area contributed by atoms with Gasteiger partial charge in [0.1, 0.15) is 9.36 Å². The van der Waals surface area contributed by atoms with Gasteiger partial charge in [-0.3, -0.25) is 0 Å². The molecule has 9 heteroatoms. The first-order valence-electron chi connectivity index (χ1n) is 5.43. The summed E-state index contributed by atoms with van der Waals surface area (Å²) in [6.07, 6.45) is 0.0982. The summed E-state index contributed by atoms with van der Waals surface area (Å²) >= 11 is 2.19. The van der Waals surface area contributed by atoms with Crippen molar-refractivity contribution in [2.45, 2.75) is 35.0 Å². The summed E-state index contributed by atoms with van der Waals surface area (Å²) in [6.45, 7) is 0. The minimum atomic E-state index is -4.46. The third kappa shape index (κ3) is 3.82. The van der Waals surface area contributed by atoms with Gasteiger partial charge in [-0.25, -0.2) is 9.97 Å². The number of alkyl halides is 4. The Bertz CT molecular complexity index is 428. The molecule has 2 rings (SSSR count). The van der Waals surface area contributed by atoms with Crippen molar-refractivity contribution >= 4 is 40.8 Å². The van der Waals surface area contributed by atoms with Gasteiger partial charge in [0.05, 0.1) is 12.4 Å². The molecule has 108 valence electrons. The first kappa shape index (κ1) is 16.7. The molecule has 3 N–H and O–H groups in total. The second-order valence-electron chi connectivity index (χ2n) is 4.27. The smallest absolute Gasteiger partial charge is 0.353 e. The normalized spacial score (nSPS) is 26.9. The predicted octanol–water partition coefficient (Wildman–Crippen LogP) is 2.97. The lowest BCUT2D eigenvalue weighted by molar-refractivity contribution is -0.141. The Hall–Kier alpha value is -0.350. The zero-order chi connectivity index (χ0) is 13.4. The minimum absolute atomic E-state index is 0. The van der Waals surface area contributed by atoms with Crippen LogP contribution in [0.4, 0.5) is 19.0 Å². The number of rotatable bonds is 2. The molecule has 0 saturated heterocycles. The van der Waals surface area contributed by atoms with Crippen LogP contribution in [0.1, 0.15) is 25.0 Å². The molecule has 1 aliphatic rings. The van der Waals surface area contributed by atoms with Crippen LogP contribution < -0.4 is 11.1 Å². The second kappa shape index (κ2) is 5.96. The van der Waals surface area contributed by atoms with E-state index in [0.29, 0.717) is 5.82 Å². The SMILES string of the molecule is Cl.NC1CCCC1(I)Nc1cnc(C(F)(F)F)cn1. The molecular formula is C10H13ClF3IN4. The molecule has 0 spiro atoms. The van der Waals surface area contributed by atoms with Crippen molar-refractivity contribution in [1.82, 2.24) is 9.97 Å². The van der Waals surface area contributed by atoms with Crippen LogP contribution in [0, 0.1) is 0 Å². The Balaban J connectivity index is 0.00000180. The van der Waals surface area contributed by atoms with E-state index in [4.69, 9.17) is 5.73 Å². The van der Waals surface area contributed by atoms with Crippen LogP contribution in [-0.4, -0.2) is 19.6 Å². The zero-order valence-corrected chi connectivity index (χ0v) is 12.7. The molecule has 19 heavy (non-hydrogen) atoms. The van der Waals surface area contributed by atoms with Crippen LogP contribution in [0.2, 0.25) is 0 Å². The van der Waals surface area contributed by atoms with Crippen LogP contribution in [-0.2, 0) is 6.18 Å². The van der Waals surface area contributed by atoms with Crippen molar-refractivity contribution in [3.8, 4) is 0 Å². The quantitative estimate of drug-likeness (QED) is 0.449. The lowest BCUT2D eigenvalue weighted by atomic mass is 10.2. The summed E-state index contributed by atoms with van der Waals surface area (Å²) in [5.74, 6) is 0.315. The lowest BCUT2D eigenvalue weighted by Gasteiger charge is -2.28. The second-order valence-corrected chi connectivity index (χ2v) is 6.20. The van der Waals surface area contributed by atoms with E-state index in [2.05, 4.69) is 37.9 Å². The number of hydrogen-bond acceptors (Lipinski definition) is 4.